The zero-order valence-electron chi connectivity index (χ0n) is 19.8. The molecule has 0 saturated heterocycles. The Labute approximate surface area is 203 Å². The average Bonchev–Trinajstić information content (AvgIpc) is 3.25. The largest absolute Gasteiger partial charge is 0.396 e. The number of methoxy groups -OCH3 is 1. The summed E-state index contributed by atoms with van der Waals surface area (Å²) in [5.74, 6) is 0.588. The minimum Gasteiger partial charge on any atom is -0.396 e. The predicted octanol–water partition coefficient (Wildman–Crippen LogP) is 2.69. The number of fused-ring (bicyclic) bond motifs is 1. The molecule has 0 radical (unpaired) electrons. The molecule has 0 bridgehead atoms. The standard InChI is InChI=1S/C24H33N5O4S/c1-4-14-6-5-7-18-16(10-14)28-23(34-18)19-13(2)26-24(25-8-9-33-3)29-22(19)27-17-11-15(12-30)20(31)21(17)32/h5,7,10,15,17,20-21,30-32H,4,6,8-9,11-12H2,1-3H3,(H2,25,26,27,29). The van der Waals surface area contributed by atoms with E-state index in [1.54, 1.807) is 18.4 Å². The fourth-order valence-corrected chi connectivity index (χ4v) is 5.46. The molecule has 1 fully saturated rings. The van der Waals surface area contributed by atoms with Gasteiger partial charge in [-0.15, -0.1) is 11.3 Å². The third kappa shape index (κ3) is 5.16. The zero-order valence-corrected chi connectivity index (χ0v) is 20.6. The van der Waals surface area contributed by atoms with E-state index in [-0.39, 0.29) is 6.61 Å². The van der Waals surface area contributed by atoms with Crippen molar-refractivity contribution in [2.75, 3.05) is 37.5 Å². The number of hydrogen-bond acceptors (Lipinski definition) is 10. The Morgan fingerprint density at radius 3 is 2.74 bits per heavy atom. The molecule has 5 N–H and O–H groups in total. The van der Waals surface area contributed by atoms with Crippen molar-refractivity contribution in [2.24, 2.45) is 5.92 Å². The fourth-order valence-electron chi connectivity index (χ4n) is 4.39. The molecule has 2 aliphatic rings. The minimum absolute atomic E-state index is 0.187. The molecule has 9 nitrogen and oxygen atoms in total. The first-order chi connectivity index (χ1) is 16.4. The smallest absolute Gasteiger partial charge is 0.224 e. The molecule has 2 aromatic rings. The van der Waals surface area contributed by atoms with Crippen molar-refractivity contribution in [3.05, 3.63) is 27.9 Å². The molecule has 4 atom stereocenters. The predicted molar refractivity (Wildman–Crippen MR) is 135 cm³/mol. The molecule has 184 valence electrons. The molecule has 1 saturated carbocycles. The van der Waals surface area contributed by atoms with Gasteiger partial charge in [-0.05, 0) is 38.3 Å². The molecule has 2 heterocycles. The van der Waals surface area contributed by atoms with Gasteiger partial charge in [0, 0.05) is 26.2 Å². The molecule has 0 aromatic carbocycles. The van der Waals surface area contributed by atoms with Crippen LogP contribution >= 0.6 is 11.3 Å². The fraction of sp³-hybridized carbons (Fsp3) is 0.542. The zero-order chi connectivity index (χ0) is 24.2. The van der Waals surface area contributed by atoms with Gasteiger partial charge in [0.25, 0.3) is 0 Å². The third-order valence-corrected chi connectivity index (χ3v) is 7.43. The van der Waals surface area contributed by atoms with Crippen molar-refractivity contribution in [1.29, 1.82) is 0 Å². The number of aliphatic hydroxyl groups excluding tert-OH is 3. The maximum atomic E-state index is 10.6. The number of aryl methyl sites for hydroxylation is 1. The Morgan fingerprint density at radius 1 is 1.21 bits per heavy atom. The summed E-state index contributed by atoms with van der Waals surface area (Å²) in [4.78, 5) is 15.4. The number of rotatable bonds is 9. The molecule has 2 aliphatic carbocycles. The van der Waals surface area contributed by atoms with Crippen LogP contribution in [0.1, 0.15) is 42.5 Å². The summed E-state index contributed by atoms with van der Waals surface area (Å²) in [6.45, 7) is 4.93. The number of nitrogens with zero attached hydrogens (tertiary/aromatic N) is 3. The van der Waals surface area contributed by atoms with Gasteiger partial charge in [-0.2, -0.15) is 4.98 Å². The van der Waals surface area contributed by atoms with Crippen LogP contribution in [0.2, 0.25) is 0 Å². The normalized spacial score (nSPS) is 24.0. The van der Waals surface area contributed by atoms with E-state index in [1.165, 1.54) is 5.57 Å². The van der Waals surface area contributed by atoms with Crippen molar-refractivity contribution < 1.29 is 20.1 Å². The van der Waals surface area contributed by atoms with E-state index in [2.05, 4.69) is 40.8 Å². The lowest BCUT2D eigenvalue weighted by Gasteiger charge is -2.21. The third-order valence-electron chi connectivity index (χ3n) is 6.38. The highest BCUT2D eigenvalue weighted by molar-refractivity contribution is 7.16. The molecular formula is C24H33N5O4S. The molecule has 4 rings (SSSR count). The van der Waals surface area contributed by atoms with Crippen LogP contribution in [-0.4, -0.2) is 75.4 Å². The van der Waals surface area contributed by atoms with E-state index in [9.17, 15) is 15.3 Å². The first kappa shape index (κ1) is 24.7. The van der Waals surface area contributed by atoms with Gasteiger partial charge >= 0.3 is 0 Å². The Hall–Kier alpha value is -2.37. The molecule has 0 amide bonds. The van der Waals surface area contributed by atoms with E-state index in [0.717, 1.165) is 39.7 Å². The average molecular weight is 488 g/mol. The van der Waals surface area contributed by atoms with Gasteiger partial charge in [-0.25, -0.2) is 9.97 Å². The number of hydrogen-bond donors (Lipinski definition) is 5. The summed E-state index contributed by atoms with van der Waals surface area (Å²) < 4.78 is 5.11. The number of ether oxygens (including phenoxy) is 1. The number of aromatic nitrogens is 3. The summed E-state index contributed by atoms with van der Waals surface area (Å²) >= 11 is 1.58. The monoisotopic (exact) mass is 487 g/mol. The highest BCUT2D eigenvalue weighted by Crippen LogP contribution is 2.39. The number of anilines is 2. The highest BCUT2D eigenvalue weighted by Gasteiger charge is 2.41. The first-order valence-electron chi connectivity index (χ1n) is 11.7. The summed E-state index contributed by atoms with van der Waals surface area (Å²) in [5.41, 5.74) is 3.78. The number of thiazole rings is 1. The molecule has 34 heavy (non-hydrogen) atoms. The van der Waals surface area contributed by atoms with Crippen LogP contribution in [0.5, 0.6) is 0 Å². The van der Waals surface area contributed by atoms with E-state index < -0.39 is 24.2 Å². The highest BCUT2D eigenvalue weighted by atomic mass is 32.1. The first-order valence-corrected chi connectivity index (χ1v) is 12.5. The van der Waals surface area contributed by atoms with Crippen LogP contribution in [0.4, 0.5) is 11.8 Å². The van der Waals surface area contributed by atoms with Crippen molar-refractivity contribution in [1.82, 2.24) is 15.0 Å². The maximum absolute atomic E-state index is 10.6. The second-order valence-corrected chi connectivity index (χ2v) is 9.75. The molecule has 0 spiro atoms. The minimum atomic E-state index is -1.02. The van der Waals surface area contributed by atoms with Gasteiger partial charge < -0.3 is 30.7 Å². The maximum Gasteiger partial charge on any atom is 0.224 e. The molecule has 0 aliphatic heterocycles. The van der Waals surface area contributed by atoms with E-state index in [4.69, 9.17) is 14.7 Å². The number of aliphatic hydroxyl groups is 3. The Morgan fingerprint density at radius 2 is 2.03 bits per heavy atom. The van der Waals surface area contributed by atoms with Gasteiger partial charge in [0.15, 0.2) is 0 Å². The summed E-state index contributed by atoms with van der Waals surface area (Å²) in [7, 11) is 1.63. The molecule has 10 heteroatoms. The second-order valence-electron chi connectivity index (χ2n) is 8.72. The van der Waals surface area contributed by atoms with Crippen LogP contribution in [-0.2, 0) is 4.74 Å². The van der Waals surface area contributed by atoms with E-state index in [0.29, 0.717) is 31.3 Å². The lowest BCUT2D eigenvalue weighted by atomic mass is 10.1. The van der Waals surface area contributed by atoms with Crippen LogP contribution in [0, 0.1) is 12.8 Å². The Balaban J connectivity index is 1.73. The van der Waals surface area contributed by atoms with Gasteiger partial charge in [0.1, 0.15) is 16.9 Å². The summed E-state index contributed by atoms with van der Waals surface area (Å²) in [5, 5.41) is 37.7. The van der Waals surface area contributed by atoms with Crippen LogP contribution < -0.4 is 10.6 Å². The molecule has 2 aromatic heterocycles. The van der Waals surface area contributed by atoms with Crippen molar-refractivity contribution in [3.8, 4) is 10.6 Å². The van der Waals surface area contributed by atoms with Crippen LogP contribution in [0.15, 0.2) is 11.6 Å². The number of allylic oxidation sites excluding steroid dienone is 2. The van der Waals surface area contributed by atoms with Gasteiger partial charge in [0.2, 0.25) is 5.95 Å². The van der Waals surface area contributed by atoms with Crippen molar-refractivity contribution >= 4 is 35.3 Å². The van der Waals surface area contributed by atoms with Crippen LogP contribution in [0.3, 0.4) is 0 Å². The van der Waals surface area contributed by atoms with Gasteiger partial charge in [0.05, 0.1) is 40.6 Å². The van der Waals surface area contributed by atoms with E-state index in [1.807, 2.05) is 6.92 Å². The molecular weight excluding hydrogens is 454 g/mol. The SMILES string of the molecule is CCC1=Cc2nc(-c3c(C)nc(NCCOC)nc3NC3CC(CO)C(O)C3O)sc2C=CC1. The lowest BCUT2D eigenvalue weighted by molar-refractivity contribution is 0.00446. The second kappa shape index (κ2) is 10.9. The van der Waals surface area contributed by atoms with Gasteiger partial charge in [-0.1, -0.05) is 18.6 Å². The van der Waals surface area contributed by atoms with Crippen molar-refractivity contribution in [2.45, 2.75) is 51.4 Å². The van der Waals surface area contributed by atoms with Gasteiger partial charge in [-0.3, -0.25) is 0 Å². The Bertz CT molecular complexity index is 1070. The summed E-state index contributed by atoms with van der Waals surface area (Å²) in [6, 6.07) is -0.462. The van der Waals surface area contributed by atoms with Crippen molar-refractivity contribution in [3.63, 3.8) is 0 Å². The van der Waals surface area contributed by atoms with E-state index >= 15 is 0 Å². The lowest BCUT2D eigenvalue weighted by Crippen LogP contribution is -2.35. The Kier molecular flexibility index (Phi) is 7.95. The topological polar surface area (TPSA) is 133 Å². The number of nitrogens with one attached hydrogen (secondary N) is 2. The van der Waals surface area contributed by atoms with Crippen LogP contribution in [0.25, 0.3) is 22.7 Å². The summed E-state index contributed by atoms with van der Waals surface area (Å²) in [6.07, 6.45) is 6.75. The quantitative estimate of drug-likeness (QED) is 0.339. The molecule has 4 unspecified atom stereocenters.